The van der Waals surface area contributed by atoms with Crippen molar-refractivity contribution in [2.45, 2.75) is 65.1 Å². The molecule has 2 heterocycles. The standard InChI is InChI=1S/C20H27NO6/c1-5-7-21(11-14-10-17-16(9-13(14)2)24-12-25-17)19(23)18-15(6-8-22)26-20(3,4)27-18/h8-10,15,18H,5-7,11-12H2,1-4H3/t15-,18+/m0/s1. The van der Waals surface area contributed by atoms with Crippen molar-refractivity contribution < 1.29 is 28.5 Å². The number of aryl methyl sites for hydroxylation is 1. The molecule has 0 aromatic heterocycles. The summed E-state index contributed by atoms with van der Waals surface area (Å²) in [6.45, 7) is 8.75. The molecule has 0 N–H and O–H groups in total. The maximum atomic E-state index is 13.2. The normalized spacial score (nSPS) is 22.7. The lowest BCUT2D eigenvalue weighted by molar-refractivity contribution is -0.162. The molecule has 0 spiro atoms. The zero-order valence-electron chi connectivity index (χ0n) is 16.3. The van der Waals surface area contributed by atoms with E-state index in [2.05, 4.69) is 0 Å². The van der Waals surface area contributed by atoms with Gasteiger partial charge in [0.1, 0.15) is 12.4 Å². The van der Waals surface area contributed by atoms with Crippen LogP contribution in [0.4, 0.5) is 0 Å². The average molecular weight is 377 g/mol. The van der Waals surface area contributed by atoms with E-state index in [1.807, 2.05) is 26.0 Å². The zero-order valence-corrected chi connectivity index (χ0v) is 16.3. The summed E-state index contributed by atoms with van der Waals surface area (Å²) >= 11 is 0. The van der Waals surface area contributed by atoms with E-state index >= 15 is 0 Å². The van der Waals surface area contributed by atoms with Gasteiger partial charge in [0.05, 0.1) is 0 Å². The fraction of sp³-hybridized carbons (Fsp3) is 0.600. The minimum Gasteiger partial charge on any atom is -0.454 e. The quantitative estimate of drug-likeness (QED) is 0.680. The van der Waals surface area contributed by atoms with Crippen LogP contribution in [0.25, 0.3) is 0 Å². The molecule has 1 aromatic rings. The number of nitrogens with zero attached hydrogens (tertiary/aromatic N) is 1. The number of amides is 1. The van der Waals surface area contributed by atoms with Crippen LogP contribution >= 0.6 is 0 Å². The maximum Gasteiger partial charge on any atom is 0.254 e. The van der Waals surface area contributed by atoms with Crippen LogP contribution in [0.1, 0.15) is 44.7 Å². The summed E-state index contributed by atoms with van der Waals surface area (Å²) in [6, 6.07) is 3.85. The van der Waals surface area contributed by atoms with Gasteiger partial charge in [0.2, 0.25) is 6.79 Å². The maximum absolute atomic E-state index is 13.2. The van der Waals surface area contributed by atoms with Crippen molar-refractivity contribution >= 4 is 12.2 Å². The fourth-order valence-corrected chi connectivity index (χ4v) is 3.49. The van der Waals surface area contributed by atoms with Gasteiger partial charge in [-0.05, 0) is 50.5 Å². The van der Waals surface area contributed by atoms with E-state index in [0.29, 0.717) is 18.8 Å². The Bertz CT molecular complexity index is 717. The number of aldehydes is 1. The summed E-state index contributed by atoms with van der Waals surface area (Å²) in [5.74, 6) is 0.372. The van der Waals surface area contributed by atoms with Crippen molar-refractivity contribution in [1.29, 1.82) is 0 Å². The topological polar surface area (TPSA) is 74.3 Å². The third-order valence-electron chi connectivity index (χ3n) is 4.75. The molecular formula is C20H27NO6. The first-order chi connectivity index (χ1) is 12.8. The summed E-state index contributed by atoms with van der Waals surface area (Å²) in [5.41, 5.74) is 2.02. The Hall–Kier alpha value is -2.12. The average Bonchev–Trinajstić information content (AvgIpc) is 3.17. The summed E-state index contributed by atoms with van der Waals surface area (Å²) < 4.78 is 22.4. The van der Waals surface area contributed by atoms with Gasteiger partial charge in [-0.1, -0.05) is 6.92 Å². The molecule has 0 bridgehead atoms. The van der Waals surface area contributed by atoms with Crippen molar-refractivity contribution in [3.05, 3.63) is 23.3 Å². The predicted molar refractivity (Wildman–Crippen MR) is 97.5 cm³/mol. The highest BCUT2D eigenvalue weighted by atomic mass is 16.8. The van der Waals surface area contributed by atoms with Gasteiger partial charge in [-0.15, -0.1) is 0 Å². The van der Waals surface area contributed by atoms with E-state index in [4.69, 9.17) is 18.9 Å². The number of benzene rings is 1. The van der Waals surface area contributed by atoms with Crippen LogP contribution in [0, 0.1) is 6.92 Å². The lowest BCUT2D eigenvalue weighted by Crippen LogP contribution is -2.44. The van der Waals surface area contributed by atoms with Crippen LogP contribution in [0.5, 0.6) is 11.5 Å². The van der Waals surface area contributed by atoms with Crippen LogP contribution < -0.4 is 9.47 Å². The molecule has 0 aliphatic carbocycles. The molecule has 0 unspecified atom stereocenters. The molecule has 3 rings (SSSR count). The SMILES string of the molecule is CCCN(Cc1cc2c(cc1C)OCO2)C(=O)[C@@H]1OC(C)(C)O[C@H]1CC=O. The van der Waals surface area contributed by atoms with E-state index in [9.17, 15) is 9.59 Å². The van der Waals surface area contributed by atoms with Gasteiger partial charge >= 0.3 is 0 Å². The molecule has 1 saturated heterocycles. The predicted octanol–water partition coefficient (Wildman–Crippen LogP) is 2.57. The van der Waals surface area contributed by atoms with Crippen molar-refractivity contribution in [2.75, 3.05) is 13.3 Å². The molecule has 1 aromatic carbocycles. The highest BCUT2D eigenvalue weighted by Crippen LogP contribution is 2.36. The van der Waals surface area contributed by atoms with Crippen molar-refractivity contribution in [3.8, 4) is 11.5 Å². The molecule has 2 aliphatic heterocycles. The monoisotopic (exact) mass is 377 g/mol. The lowest BCUT2D eigenvalue weighted by Gasteiger charge is -2.27. The number of ether oxygens (including phenoxy) is 4. The molecule has 1 fully saturated rings. The first-order valence-electron chi connectivity index (χ1n) is 9.32. The Morgan fingerprint density at radius 2 is 1.96 bits per heavy atom. The van der Waals surface area contributed by atoms with Gasteiger partial charge in [0, 0.05) is 19.5 Å². The van der Waals surface area contributed by atoms with Crippen LogP contribution in [0.3, 0.4) is 0 Å². The largest absolute Gasteiger partial charge is 0.454 e. The van der Waals surface area contributed by atoms with E-state index in [1.165, 1.54) is 0 Å². The molecule has 148 valence electrons. The van der Waals surface area contributed by atoms with Gasteiger partial charge in [0.15, 0.2) is 23.4 Å². The molecular weight excluding hydrogens is 350 g/mol. The summed E-state index contributed by atoms with van der Waals surface area (Å²) in [4.78, 5) is 26.0. The van der Waals surface area contributed by atoms with Crippen LogP contribution in [0.2, 0.25) is 0 Å². The number of rotatable bonds is 7. The Morgan fingerprint density at radius 1 is 1.26 bits per heavy atom. The number of hydrogen-bond donors (Lipinski definition) is 0. The molecule has 2 aliphatic rings. The van der Waals surface area contributed by atoms with Gasteiger partial charge in [-0.25, -0.2) is 0 Å². The van der Waals surface area contributed by atoms with Crippen LogP contribution in [0.15, 0.2) is 12.1 Å². The van der Waals surface area contributed by atoms with Crippen LogP contribution in [-0.4, -0.2) is 48.4 Å². The Balaban J connectivity index is 1.81. The van der Waals surface area contributed by atoms with Gasteiger partial charge in [-0.2, -0.15) is 0 Å². The third kappa shape index (κ3) is 4.25. The van der Waals surface area contributed by atoms with E-state index < -0.39 is 18.0 Å². The Labute approximate surface area is 159 Å². The molecule has 2 atom stereocenters. The number of carbonyl (C=O) groups is 2. The molecule has 27 heavy (non-hydrogen) atoms. The molecule has 0 radical (unpaired) electrons. The molecule has 7 nitrogen and oxygen atoms in total. The summed E-state index contributed by atoms with van der Waals surface area (Å²) in [5, 5.41) is 0. The minimum absolute atomic E-state index is 0.128. The smallest absolute Gasteiger partial charge is 0.254 e. The highest BCUT2D eigenvalue weighted by molar-refractivity contribution is 5.82. The molecule has 1 amide bonds. The summed E-state index contributed by atoms with van der Waals surface area (Å²) in [7, 11) is 0. The number of fused-ring (bicyclic) bond motifs is 1. The third-order valence-corrected chi connectivity index (χ3v) is 4.75. The second-order valence-electron chi connectivity index (χ2n) is 7.39. The second-order valence-corrected chi connectivity index (χ2v) is 7.39. The van der Waals surface area contributed by atoms with Gasteiger partial charge in [0.25, 0.3) is 5.91 Å². The first kappa shape index (κ1) is 19.6. The number of carbonyl (C=O) groups excluding carboxylic acids is 2. The number of hydrogen-bond acceptors (Lipinski definition) is 6. The fourth-order valence-electron chi connectivity index (χ4n) is 3.49. The zero-order chi connectivity index (χ0) is 19.6. The molecule has 0 saturated carbocycles. The van der Waals surface area contributed by atoms with Crippen molar-refractivity contribution in [3.63, 3.8) is 0 Å². The van der Waals surface area contributed by atoms with E-state index in [1.54, 1.807) is 18.7 Å². The van der Waals surface area contributed by atoms with E-state index in [-0.39, 0.29) is 19.1 Å². The minimum atomic E-state index is -0.888. The van der Waals surface area contributed by atoms with Crippen LogP contribution in [-0.2, 0) is 25.6 Å². The van der Waals surface area contributed by atoms with Crippen molar-refractivity contribution in [2.24, 2.45) is 0 Å². The lowest BCUT2D eigenvalue weighted by atomic mass is 10.1. The van der Waals surface area contributed by atoms with Gasteiger partial charge < -0.3 is 28.6 Å². The second kappa shape index (κ2) is 7.86. The van der Waals surface area contributed by atoms with Crippen molar-refractivity contribution in [1.82, 2.24) is 4.90 Å². The first-order valence-corrected chi connectivity index (χ1v) is 9.32. The Kier molecular flexibility index (Phi) is 5.72. The summed E-state index contributed by atoms with van der Waals surface area (Å²) in [6.07, 6.45) is 0.350. The van der Waals surface area contributed by atoms with E-state index in [0.717, 1.165) is 29.6 Å². The highest BCUT2D eigenvalue weighted by Gasteiger charge is 2.46. The Morgan fingerprint density at radius 3 is 2.63 bits per heavy atom. The molecule has 7 heteroatoms. The van der Waals surface area contributed by atoms with Gasteiger partial charge in [-0.3, -0.25) is 4.79 Å².